The Bertz CT molecular complexity index is 1080. The largest absolute Gasteiger partial charge is 0.408 e. The smallest absolute Gasteiger partial charge is 0.318 e. The number of piperidine rings is 1. The van der Waals surface area contributed by atoms with E-state index in [0.717, 1.165) is 43.1 Å². The van der Waals surface area contributed by atoms with Crippen LogP contribution in [0.2, 0.25) is 0 Å². The van der Waals surface area contributed by atoms with Gasteiger partial charge in [0.1, 0.15) is 11.6 Å². The molecule has 2 aromatic heterocycles. The van der Waals surface area contributed by atoms with Gasteiger partial charge in [-0.25, -0.2) is 8.78 Å². The summed E-state index contributed by atoms with van der Waals surface area (Å²) in [5.41, 5.74) is 0.796. The van der Waals surface area contributed by atoms with Crippen molar-refractivity contribution >= 4 is 23.6 Å². The third-order valence-corrected chi connectivity index (χ3v) is 8.07. The van der Waals surface area contributed by atoms with Gasteiger partial charge in [0, 0.05) is 69.5 Å². The van der Waals surface area contributed by atoms with Crippen LogP contribution in [0.1, 0.15) is 51.0 Å². The molecule has 2 aromatic rings. The molecule has 2 aliphatic heterocycles. The molecule has 0 aromatic carbocycles. The highest BCUT2D eigenvalue weighted by molar-refractivity contribution is 5.70. The molecule has 34 heavy (non-hydrogen) atoms. The molecule has 0 spiro atoms. The molecule has 9 nitrogen and oxygen atoms in total. The minimum atomic E-state index is -2.57. The molecule has 3 fully saturated rings. The lowest BCUT2D eigenvalue weighted by molar-refractivity contribution is -0.0859. The Hall–Kier alpha value is -2.72. The van der Waals surface area contributed by atoms with E-state index < -0.39 is 5.92 Å². The van der Waals surface area contributed by atoms with Crippen molar-refractivity contribution in [3.63, 3.8) is 0 Å². The summed E-state index contributed by atoms with van der Waals surface area (Å²) in [6, 6.07) is 0.661. The van der Waals surface area contributed by atoms with Crippen LogP contribution in [0.15, 0.2) is 4.42 Å². The summed E-state index contributed by atoms with van der Waals surface area (Å²) in [4.78, 5) is 14.0. The number of hydrogen-bond acceptors (Lipinski definition) is 9. The second-order valence-electron chi connectivity index (χ2n) is 11.1. The molecule has 2 N–H and O–H groups in total. The first kappa shape index (κ1) is 21.8. The van der Waals surface area contributed by atoms with Crippen LogP contribution in [-0.4, -0.2) is 64.9 Å². The van der Waals surface area contributed by atoms with Gasteiger partial charge in [-0.15, -0.1) is 5.10 Å². The Kier molecular flexibility index (Phi) is 4.73. The summed E-state index contributed by atoms with van der Waals surface area (Å²) in [6.07, 6.45) is 2.02. The summed E-state index contributed by atoms with van der Waals surface area (Å²) >= 11 is 0. The third-order valence-electron chi connectivity index (χ3n) is 8.07. The van der Waals surface area contributed by atoms with E-state index in [-0.39, 0.29) is 30.3 Å². The van der Waals surface area contributed by atoms with Crippen molar-refractivity contribution in [3.05, 3.63) is 11.5 Å². The predicted octanol–water partition coefficient (Wildman–Crippen LogP) is 3.43. The monoisotopic (exact) mass is 474 g/mol. The number of halogens is 2. The van der Waals surface area contributed by atoms with E-state index in [9.17, 15) is 8.78 Å². The molecule has 2 atom stereocenters. The first-order chi connectivity index (χ1) is 16.1. The molecule has 184 valence electrons. The highest BCUT2D eigenvalue weighted by atomic mass is 19.3. The topological polar surface area (TPSA) is 95.2 Å². The second kappa shape index (κ2) is 7.39. The fourth-order valence-electron chi connectivity index (χ4n) is 6.43. The first-order valence-electron chi connectivity index (χ1n) is 12.2. The maximum absolute atomic E-state index is 13.7. The molecule has 4 aliphatic rings. The van der Waals surface area contributed by atoms with Crippen LogP contribution in [0.5, 0.6) is 0 Å². The molecule has 0 radical (unpaired) electrons. The van der Waals surface area contributed by atoms with Gasteiger partial charge in [-0.2, -0.15) is 9.97 Å². The van der Waals surface area contributed by atoms with Gasteiger partial charge in [0.15, 0.2) is 0 Å². The van der Waals surface area contributed by atoms with E-state index in [0.29, 0.717) is 36.2 Å². The van der Waals surface area contributed by atoms with Gasteiger partial charge in [-0.3, -0.25) is 0 Å². The van der Waals surface area contributed by atoms with Crippen LogP contribution in [-0.2, 0) is 5.41 Å². The van der Waals surface area contributed by atoms with Crippen molar-refractivity contribution in [3.8, 4) is 0 Å². The van der Waals surface area contributed by atoms with E-state index in [2.05, 4.69) is 44.5 Å². The van der Waals surface area contributed by atoms with Crippen LogP contribution in [0.3, 0.4) is 0 Å². The van der Waals surface area contributed by atoms with Crippen molar-refractivity contribution in [2.24, 2.45) is 11.8 Å². The van der Waals surface area contributed by atoms with Crippen molar-refractivity contribution in [1.29, 1.82) is 0 Å². The summed E-state index contributed by atoms with van der Waals surface area (Å²) in [5.74, 6) is 0.973. The minimum Gasteiger partial charge on any atom is -0.408 e. The van der Waals surface area contributed by atoms with Crippen LogP contribution in [0.4, 0.5) is 32.4 Å². The zero-order chi connectivity index (χ0) is 23.8. The Morgan fingerprint density at radius 3 is 2.35 bits per heavy atom. The highest BCUT2D eigenvalue weighted by Crippen LogP contribution is 2.50. The van der Waals surface area contributed by atoms with Crippen molar-refractivity contribution in [2.75, 3.05) is 47.1 Å². The van der Waals surface area contributed by atoms with E-state index >= 15 is 0 Å². The Balaban J connectivity index is 1.26. The number of alkyl halides is 2. The molecule has 1 saturated heterocycles. The lowest BCUT2D eigenvalue weighted by Gasteiger charge is -2.42. The van der Waals surface area contributed by atoms with Crippen LogP contribution in [0, 0.1) is 18.8 Å². The third kappa shape index (κ3) is 3.46. The minimum absolute atomic E-state index is 0.109. The molecule has 2 aliphatic carbocycles. The zero-order valence-electron chi connectivity index (χ0n) is 20.1. The molecular formula is C23H32F2N8O. The summed E-state index contributed by atoms with van der Waals surface area (Å²) in [7, 11) is 1.86. The molecular weight excluding hydrogens is 442 g/mol. The number of anilines is 4. The average molecular weight is 475 g/mol. The van der Waals surface area contributed by atoms with Gasteiger partial charge in [-0.1, -0.05) is 18.9 Å². The Morgan fingerprint density at radius 2 is 1.76 bits per heavy atom. The fourth-order valence-corrected chi connectivity index (χ4v) is 6.43. The summed E-state index contributed by atoms with van der Waals surface area (Å²) in [5, 5.41) is 15.0. The summed E-state index contributed by atoms with van der Waals surface area (Å²) in [6.45, 7) is 8.43. The quantitative estimate of drug-likeness (QED) is 0.676. The second-order valence-corrected chi connectivity index (χ2v) is 11.1. The van der Waals surface area contributed by atoms with Gasteiger partial charge < -0.3 is 24.9 Å². The van der Waals surface area contributed by atoms with E-state index in [1.165, 1.54) is 0 Å². The van der Waals surface area contributed by atoms with Gasteiger partial charge in [0.2, 0.25) is 11.8 Å². The van der Waals surface area contributed by atoms with Crippen molar-refractivity contribution in [2.45, 2.75) is 69.9 Å². The molecule has 0 amide bonds. The molecule has 11 heteroatoms. The Labute approximate surface area is 197 Å². The van der Waals surface area contributed by atoms with E-state index in [4.69, 9.17) is 14.4 Å². The summed E-state index contributed by atoms with van der Waals surface area (Å²) < 4.78 is 33.0. The van der Waals surface area contributed by atoms with E-state index in [1.54, 1.807) is 6.92 Å². The van der Waals surface area contributed by atoms with Crippen molar-refractivity contribution < 1.29 is 13.2 Å². The molecule has 6 rings (SSSR count). The van der Waals surface area contributed by atoms with Crippen LogP contribution < -0.4 is 20.4 Å². The van der Waals surface area contributed by atoms with Crippen LogP contribution >= 0.6 is 0 Å². The van der Waals surface area contributed by atoms with Gasteiger partial charge >= 0.3 is 6.01 Å². The lowest BCUT2D eigenvalue weighted by Crippen LogP contribution is -2.51. The van der Waals surface area contributed by atoms with Gasteiger partial charge in [0.05, 0.1) is 0 Å². The average Bonchev–Trinajstić information content (AvgIpc) is 3.37. The maximum Gasteiger partial charge on any atom is 0.318 e. The molecule has 4 heterocycles. The number of hydrogen-bond donors (Lipinski definition) is 2. The Morgan fingerprint density at radius 1 is 1.06 bits per heavy atom. The maximum atomic E-state index is 13.7. The van der Waals surface area contributed by atoms with Gasteiger partial charge in [-0.05, 0) is 24.7 Å². The van der Waals surface area contributed by atoms with E-state index in [1.807, 2.05) is 7.05 Å². The van der Waals surface area contributed by atoms with Crippen LogP contribution in [0.25, 0.3) is 0 Å². The number of fused-ring (bicyclic) bond motifs is 3. The standard InChI is InChI=1S/C23H32F2N8O/c1-12-30-31-21(34-12)32-9-13-5-6-14(10-32)17(13)27-20-28-18(26-4)16-19(29-20)33(11-22(16,2)3)15-7-23(24,25)8-15/h13-15,17H,5-11H2,1-4H3,(H2,26,27,28,29). The molecule has 2 saturated carbocycles. The first-order valence-corrected chi connectivity index (χ1v) is 12.2. The highest BCUT2D eigenvalue weighted by Gasteiger charge is 2.52. The normalized spacial score (nSPS) is 29.2. The number of aryl methyl sites for hydroxylation is 1. The number of nitrogens with one attached hydrogen (secondary N) is 2. The fraction of sp³-hybridized carbons (Fsp3) is 0.739. The van der Waals surface area contributed by atoms with Gasteiger partial charge in [0.25, 0.3) is 5.92 Å². The lowest BCUT2D eigenvalue weighted by atomic mass is 9.85. The number of nitrogens with zero attached hydrogens (tertiary/aromatic N) is 6. The number of rotatable bonds is 5. The molecule has 2 bridgehead atoms. The SMILES string of the molecule is CNc1nc(NC2C3CCC2CN(c2nnc(C)o2)C3)nc2c1C(C)(C)CN2C1CC(F)(F)C1. The zero-order valence-corrected chi connectivity index (χ0v) is 20.1. The number of aromatic nitrogens is 4. The predicted molar refractivity (Wildman–Crippen MR) is 125 cm³/mol. The van der Waals surface area contributed by atoms with Crippen molar-refractivity contribution in [1.82, 2.24) is 20.2 Å². The molecule has 2 unspecified atom stereocenters.